The van der Waals surface area contributed by atoms with Crippen LogP contribution in [0.3, 0.4) is 0 Å². The van der Waals surface area contributed by atoms with E-state index in [0.717, 1.165) is 25.9 Å². The highest BCUT2D eigenvalue weighted by Gasteiger charge is 2.28. The average Bonchev–Trinajstić information content (AvgIpc) is 2.69. The van der Waals surface area contributed by atoms with Crippen LogP contribution >= 0.6 is 11.6 Å². The van der Waals surface area contributed by atoms with Gasteiger partial charge in [-0.15, -0.1) is 0 Å². The second-order valence-electron chi connectivity index (χ2n) is 7.45. The molecule has 1 atom stereocenters. The molecule has 0 aliphatic carbocycles. The summed E-state index contributed by atoms with van der Waals surface area (Å²) in [6.07, 6.45) is 2.95. The zero-order valence-corrected chi connectivity index (χ0v) is 16.2. The molecule has 2 fully saturated rings. The van der Waals surface area contributed by atoms with Gasteiger partial charge in [0.05, 0.1) is 0 Å². The van der Waals surface area contributed by atoms with E-state index < -0.39 is 0 Å². The normalized spacial score (nSPS) is 20.1. The number of hydrogen-bond acceptors (Lipinski definition) is 3. The first-order chi connectivity index (χ1) is 12.5. The number of nitrogens with zero attached hydrogens (tertiary/aromatic N) is 2. The van der Waals surface area contributed by atoms with Crippen molar-refractivity contribution in [1.29, 1.82) is 0 Å². The van der Waals surface area contributed by atoms with Gasteiger partial charge in [-0.05, 0) is 62.0 Å². The maximum atomic E-state index is 12.6. The molecule has 0 bridgehead atoms. The summed E-state index contributed by atoms with van der Waals surface area (Å²) in [5.74, 6) is 1.32. The number of carbonyl (C=O) groups excluding carboxylic acids is 2. The van der Waals surface area contributed by atoms with Crippen molar-refractivity contribution in [2.24, 2.45) is 11.8 Å². The average molecular weight is 378 g/mol. The largest absolute Gasteiger partial charge is 0.339 e. The number of nitrogens with one attached hydrogen (secondary N) is 1. The summed E-state index contributed by atoms with van der Waals surface area (Å²) in [6.45, 7) is 6.76. The van der Waals surface area contributed by atoms with Gasteiger partial charge in [0, 0.05) is 43.2 Å². The zero-order chi connectivity index (χ0) is 18.5. The summed E-state index contributed by atoms with van der Waals surface area (Å²) in [7, 11) is 0. The molecule has 0 spiro atoms. The lowest BCUT2D eigenvalue weighted by Gasteiger charge is -2.36. The fourth-order valence-corrected chi connectivity index (χ4v) is 4.04. The highest BCUT2D eigenvalue weighted by atomic mass is 35.5. The van der Waals surface area contributed by atoms with Crippen molar-refractivity contribution in [3.05, 3.63) is 34.9 Å². The maximum Gasteiger partial charge on any atom is 0.253 e. The van der Waals surface area contributed by atoms with Crippen molar-refractivity contribution < 1.29 is 9.59 Å². The van der Waals surface area contributed by atoms with Crippen molar-refractivity contribution in [2.45, 2.75) is 26.2 Å². The quantitative estimate of drug-likeness (QED) is 0.877. The summed E-state index contributed by atoms with van der Waals surface area (Å²) in [5.41, 5.74) is 0.647. The second-order valence-corrected chi connectivity index (χ2v) is 7.89. The molecule has 2 heterocycles. The van der Waals surface area contributed by atoms with E-state index >= 15 is 0 Å². The van der Waals surface area contributed by atoms with Gasteiger partial charge in [0.25, 0.3) is 5.91 Å². The van der Waals surface area contributed by atoms with Crippen LogP contribution in [0.5, 0.6) is 0 Å². The number of piperazine rings is 1. The molecule has 1 N–H and O–H groups in total. The number of hydrogen-bond donors (Lipinski definition) is 1. The Morgan fingerprint density at radius 1 is 1.08 bits per heavy atom. The van der Waals surface area contributed by atoms with Crippen LogP contribution in [0.1, 0.15) is 36.5 Å². The molecule has 1 aromatic carbocycles. The van der Waals surface area contributed by atoms with Crippen LogP contribution in [0.25, 0.3) is 0 Å². The van der Waals surface area contributed by atoms with Crippen molar-refractivity contribution in [3.63, 3.8) is 0 Å². The van der Waals surface area contributed by atoms with Gasteiger partial charge in [0.1, 0.15) is 0 Å². The van der Waals surface area contributed by atoms with E-state index in [1.165, 1.54) is 0 Å². The lowest BCUT2D eigenvalue weighted by atomic mass is 9.84. The molecular formula is C20H28ClN3O2. The van der Waals surface area contributed by atoms with Gasteiger partial charge in [0.2, 0.25) is 5.91 Å². The Morgan fingerprint density at radius 3 is 2.27 bits per heavy atom. The van der Waals surface area contributed by atoms with Crippen LogP contribution in [0.15, 0.2) is 24.3 Å². The molecule has 0 radical (unpaired) electrons. The Balaban J connectivity index is 1.47. The summed E-state index contributed by atoms with van der Waals surface area (Å²) >= 11 is 5.88. The van der Waals surface area contributed by atoms with Gasteiger partial charge >= 0.3 is 0 Å². The van der Waals surface area contributed by atoms with E-state index in [1.807, 2.05) is 9.80 Å². The van der Waals surface area contributed by atoms with Gasteiger partial charge in [-0.25, -0.2) is 0 Å². The van der Waals surface area contributed by atoms with E-state index in [0.29, 0.717) is 55.0 Å². The number of amides is 2. The molecule has 1 unspecified atom stereocenters. The number of halogens is 1. The molecule has 2 saturated heterocycles. The fourth-order valence-electron chi connectivity index (χ4n) is 3.92. The molecule has 2 aliphatic heterocycles. The first-order valence-corrected chi connectivity index (χ1v) is 9.95. The smallest absolute Gasteiger partial charge is 0.253 e. The van der Waals surface area contributed by atoms with Gasteiger partial charge in [-0.2, -0.15) is 0 Å². The Hall–Kier alpha value is -1.59. The van der Waals surface area contributed by atoms with Crippen LogP contribution in [-0.4, -0.2) is 60.9 Å². The minimum Gasteiger partial charge on any atom is -0.339 e. The molecule has 6 heteroatoms. The lowest BCUT2D eigenvalue weighted by Crippen LogP contribution is -2.51. The molecule has 26 heavy (non-hydrogen) atoms. The van der Waals surface area contributed by atoms with Gasteiger partial charge in [-0.1, -0.05) is 18.5 Å². The van der Waals surface area contributed by atoms with E-state index in [2.05, 4.69) is 12.2 Å². The first kappa shape index (κ1) is 19.2. The van der Waals surface area contributed by atoms with E-state index in [1.54, 1.807) is 24.3 Å². The highest BCUT2D eigenvalue weighted by molar-refractivity contribution is 6.30. The third-order valence-electron chi connectivity index (χ3n) is 5.70. The molecule has 1 aromatic rings. The third kappa shape index (κ3) is 4.77. The van der Waals surface area contributed by atoms with Crippen molar-refractivity contribution in [2.75, 3.05) is 39.3 Å². The molecule has 0 saturated carbocycles. The fraction of sp³-hybridized carbons (Fsp3) is 0.600. The van der Waals surface area contributed by atoms with Crippen LogP contribution < -0.4 is 5.32 Å². The zero-order valence-electron chi connectivity index (χ0n) is 15.4. The number of rotatable bonds is 4. The minimum atomic E-state index is 0.0110. The highest BCUT2D eigenvalue weighted by Crippen LogP contribution is 2.25. The Morgan fingerprint density at radius 2 is 1.65 bits per heavy atom. The molecule has 2 amide bonds. The number of piperidine rings is 1. The molecule has 0 aromatic heterocycles. The standard InChI is InChI=1S/C20H28ClN3O2/c1-15(16-6-8-22-9-7-16)14-19(25)23-10-12-24(13-11-23)20(26)17-2-4-18(21)5-3-17/h2-5,15-16,22H,6-14H2,1H3. The Kier molecular flexibility index (Phi) is 6.54. The van der Waals surface area contributed by atoms with Crippen LogP contribution in [0.4, 0.5) is 0 Å². The molecule has 142 valence electrons. The first-order valence-electron chi connectivity index (χ1n) is 9.58. The summed E-state index contributed by atoms with van der Waals surface area (Å²) in [5, 5.41) is 4.00. The molecular weight excluding hydrogens is 350 g/mol. The molecule has 5 nitrogen and oxygen atoms in total. The van der Waals surface area contributed by atoms with Crippen molar-refractivity contribution >= 4 is 23.4 Å². The summed E-state index contributed by atoms with van der Waals surface area (Å²) in [6, 6.07) is 6.97. The van der Waals surface area contributed by atoms with E-state index in [9.17, 15) is 9.59 Å². The van der Waals surface area contributed by atoms with Gasteiger partial charge < -0.3 is 15.1 Å². The van der Waals surface area contributed by atoms with Crippen LogP contribution in [0, 0.1) is 11.8 Å². The Bertz CT molecular complexity index is 620. The third-order valence-corrected chi connectivity index (χ3v) is 5.95. The molecule has 2 aliphatic rings. The van der Waals surface area contributed by atoms with Gasteiger partial charge in [0.15, 0.2) is 0 Å². The van der Waals surface area contributed by atoms with E-state index in [-0.39, 0.29) is 11.8 Å². The Labute approximate surface area is 160 Å². The van der Waals surface area contributed by atoms with Gasteiger partial charge in [-0.3, -0.25) is 9.59 Å². The maximum absolute atomic E-state index is 12.6. The predicted octanol–water partition coefficient (Wildman–Crippen LogP) is 2.65. The summed E-state index contributed by atoms with van der Waals surface area (Å²) in [4.78, 5) is 28.9. The number of carbonyl (C=O) groups is 2. The SMILES string of the molecule is CC(CC(=O)N1CCN(C(=O)c2ccc(Cl)cc2)CC1)C1CCNCC1. The minimum absolute atomic E-state index is 0.0110. The topological polar surface area (TPSA) is 52.7 Å². The van der Waals surface area contributed by atoms with Crippen molar-refractivity contribution in [3.8, 4) is 0 Å². The summed E-state index contributed by atoms with van der Waals surface area (Å²) < 4.78 is 0. The van der Waals surface area contributed by atoms with E-state index in [4.69, 9.17) is 11.6 Å². The number of benzene rings is 1. The second kappa shape index (κ2) is 8.87. The monoisotopic (exact) mass is 377 g/mol. The van der Waals surface area contributed by atoms with Crippen molar-refractivity contribution in [1.82, 2.24) is 15.1 Å². The lowest BCUT2D eigenvalue weighted by molar-refractivity contribution is -0.134. The predicted molar refractivity (Wildman–Crippen MR) is 103 cm³/mol. The molecule has 3 rings (SSSR count). The van der Waals surface area contributed by atoms with Crippen LogP contribution in [-0.2, 0) is 4.79 Å². The van der Waals surface area contributed by atoms with Crippen LogP contribution in [0.2, 0.25) is 5.02 Å².